The van der Waals surface area contributed by atoms with Crippen molar-refractivity contribution in [2.75, 3.05) is 0 Å². The lowest BCUT2D eigenvalue weighted by Gasteiger charge is -2.10. The zero-order valence-corrected chi connectivity index (χ0v) is 15.4. The van der Waals surface area contributed by atoms with Crippen LogP contribution in [0.25, 0.3) is 21.9 Å². The number of phenolic OH excluding ortho intramolecular Hbond substituents is 1. The predicted molar refractivity (Wildman–Crippen MR) is 112 cm³/mol. The van der Waals surface area contributed by atoms with Crippen molar-refractivity contribution in [1.82, 2.24) is 10.9 Å². The highest BCUT2D eigenvalue weighted by atomic mass is 16.3. The Kier molecular flexibility index (Phi) is 4.95. The molecule has 0 bridgehead atoms. The number of carbonyl (C=O) groups excluding carboxylic acids is 2. The van der Waals surface area contributed by atoms with Crippen LogP contribution in [0.3, 0.4) is 0 Å². The third kappa shape index (κ3) is 3.94. The minimum Gasteiger partial charge on any atom is -0.507 e. The van der Waals surface area contributed by atoms with Gasteiger partial charge >= 0.3 is 0 Å². The molecule has 0 aliphatic carbocycles. The van der Waals surface area contributed by atoms with Gasteiger partial charge in [-0.3, -0.25) is 20.4 Å². The second kappa shape index (κ2) is 7.86. The van der Waals surface area contributed by atoms with E-state index in [4.69, 9.17) is 0 Å². The summed E-state index contributed by atoms with van der Waals surface area (Å²) in [4.78, 5) is 24.7. The van der Waals surface area contributed by atoms with Crippen LogP contribution in [-0.4, -0.2) is 16.9 Å². The lowest BCUT2D eigenvalue weighted by molar-refractivity contribution is 0.0845. The van der Waals surface area contributed by atoms with Crippen molar-refractivity contribution in [2.45, 2.75) is 0 Å². The van der Waals surface area contributed by atoms with E-state index >= 15 is 0 Å². The number of amides is 2. The Morgan fingerprint density at radius 3 is 1.86 bits per heavy atom. The van der Waals surface area contributed by atoms with Crippen LogP contribution in [0.1, 0.15) is 20.7 Å². The molecule has 0 aliphatic rings. The zero-order chi connectivity index (χ0) is 20.2. The summed E-state index contributed by atoms with van der Waals surface area (Å²) < 4.78 is 0. The van der Waals surface area contributed by atoms with Crippen LogP contribution in [-0.2, 0) is 0 Å². The van der Waals surface area contributed by atoms with Crippen LogP contribution in [0.15, 0.2) is 91.0 Å². The predicted octanol–water partition coefficient (Wildman–Crippen LogP) is 4.29. The largest absolute Gasteiger partial charge is 0.507 e. The molecule has 2 amide bonds. The fourth-order valence-corrected chi connectivity index (χ4v) is 3.11. The van der Waals surface area contributed by atoms with Crippen molar-refractivity contribution in [2.24, 2.45) is 0 Å². The van der Waals surface area contributed by atoms with Crippen molar-refractivity contribution in [1.29, 1.82) is 0 Å². The first-order valence-electron chi connectivity index (χ1n) is 9.10. The van der Waals surface area contributed by atoms with Gasteiger partial charge in [-0.2, -0.15) is 0 Å². The van der Waals surface area contributed by atoms with E-state index in [2.05, 4.69) is 10.9 Å². The third-order valence-electron chi connectivity index (χ3n) is 4.65. The minimum atomic E-state index is -0.595. The Morgan fingerprint density at radius 1 is 0.621 bits per heavy atom. The summed E-state index contributed by atoms with van der Waals surface area (Å²) in [5.74, 6) is -1.19. The lowest BCUT2D eigenvalue weighted by atomic mass is 10.0. The van der Waals surface area contributed by atoms with Gasteiger partial charge in [0.1, 0.15) is 5.75 Å². The number of rotatable bonds is 3. The molecular formula is C24H18N2O3. The van der Waals surface area contributed by atoms with Crippen LogP contribution in [0.2, 0.25) is 0 Å². The summed E-state index contributed by atoms with van der Waals surface area (Å²) in [5.41, 5.74) is 7.28. The summed E-state index contributed by atoms with van der Waals surface area (Å²) in [6, 6.07) is 27.4. The monoisotopic (exact) mass is 382 g/mol. The molecule has 29 heavy (non-hydrogen) atoms. The molecule has 0 saturated carbocycles. The topological polar surface area (TPSA) is 78.4 Å². The molecule has 0 unspecified atom stereocenters. The fraction of sp³-hybridized carbons (Fsp3) is 0. The van der Waals surface area contributed by atoms with E-state index in [1.807, 2.05) is 66.7 Å². The average molecular weight is 382 g/mol. The molecule has 4 rings (SSSR count). The van der Waals surface area contributed by atoms with Crippen LogP contribution in [0.4, 0.5) is 0 Å². The summed E-state index contributed by atoms with van der Waals surface area (Å²) in [6.07, 6.45) is 0. The molecule has 142 valence electrons. The van der Waals surface area contributed by atoms with E-state index in [1.165, 1.54) is 6.07 Å². The molecule has 0 atom stereocenters. The van der Waals surface area contributed by atoms with Crippen molar-refractivity contribution in [3.63, 3.8) is 0 Å². The van der Waals surface area contributed by atoms with Gasteiger partial charge in [0, 0.05) is 5.56 Å². The SMILES string of the molecule is O=C(NNC(=O)c1cc2ccccc2cc1O)c1ccc(-c2ccccc2)cc1. The molecule has 3 N–H and O–H groups in total. The normalized spacial score (nSPS) is 10.5. The summed E-state index contributed by atoms with van der Waals surface area (Å²) >= 11 is 0. The zero-order valence-electron chi connectivity index (χ0n) is 15.4. The molecule has 0 fully saturated rings. The van der Waals surface area contributed by atoms with Gasteiger partial charge in [0.25, 0.3) is 11.8 Å². The first-order chi connectivity index (χ1) is 14.1. The maximum Gasteiger partial charge on any atom is 0.273 e. The number of carbonyl (C=O) groups is 2. The molecule has 0 spiro atoms. The molecule has 0 radical (unpaired) electrons. The number of phenols is 1. The van der Waals surface area contributed by atoms with E-state index in [0.29, 0.717) is 5.56 Å². The average Bonchev–Trinajstić information content (AvgIpc) is 2.77. The minimum absolute atomic E-state index is 0.0865. The number of benzene rings is 4. The quantitative estimate of drug-likeness (QED) is 0.463. The Bertz CT molecular complexity index is 1190. The van der Waals surface area contributed by atoms with E-state index in [-0.39, 0.29) is 11.3 Å². The molecule has 0 heterocycles. The van der Waals surface area contributed by atoms with Gasteiger partial charge in [-0.1, -0.05) is 66.7 Å². The Hall–Kier alpha value is -4.12. The molecule has 4 aromatic rings. The van der Waals surface area contributed by atoms with Gasteiger partial charge < -0.3 is 5.11 Å². The Balaban J connectivity index is 1.44. The maximum atomic E-state index is 12.4. The standard InChI is InChI=1S/C24H18N2O3/c27-22-15-20-9-5-4-8-19(20)14-21(22)24(29)26-25-23(28)18-12-10-17(11-13-18)16-6-2-1-3-7-16/h1-15,27H,(H,25,28)(H,26,29). The first-order valence-corrected chi connectivity index (χ1v) is 9.10. The van der Waals surface area contributed by atoms with Crippen LogP contribution < -0.4 is 10.9 Å². The molecule has 5 nitrogen and oxygen atoms in total. The van der Waals surface area contributed by atoms with Gasteiger partial charge in [0.15, 0.2) is 0 Å². The highest BCUT2D eigenvalue weighted by molar-refractivity contribution is 6.03. The first kappa shape index (κ1) is 18.3. The lowest BCUT2D eigenvalue weighted by Crippen LogP contribution is -2.41. The maximum absolute atomic E-state index is 12.4. The van der Waals surface area contributed by atoms with Gasteiger partial charge in [0.05, 0.1) is 5.56 Å². The number of hydrogen-bond donors (Lipinski definition) is 3. The van der Waals surface area contributed by atoms with Gasteiger partial charge in [0.2, 0.25) is 0 Å². The number of fused-ring (bicyclic) bond motifs is 1. The summed E-state index contributed by atoms with van der Waals surface area (Å²) in [6.45, 7) is 0. The highest BCUT2D eigenvalue weighted by Gasteiger charge is 2.14. The van der Waals surface area contributed by atoms with Crippen molar-refractivity contribution >= 4 is 22.6 Å². The fourth-order valence-electron chi connectivity index (χ4n) is 3.11. The molecule has 5 heteroatoms. The van der Waals surface area contributed by atoms with Gasteiger partial charge in [-0.05, 0) is 46.2 Å². The van der Waals surface area contributed by atoms with Crippen molar-refractivity contribution in [3.8, 4) is 16.9 Å². The van der Waals surface area contributed by atoms with Crippen molar-refractivity contribution < 1.29 is 14.7 Å². The molecule has 0 aromatic heterocycles. The molecular weight excluding hydrogens is 364 g/mol. The summed E-state index contributed by atoms with van der Waals surface area (Å²) in [7, 11) is 0. The third-order valence-corrected chi connectivity index (χ3v) is 4.65. The Labute approximate surface area is 167 Å². The van der Waals surface area contributed by atoms with E-state index < -0.39 is 11.8 Å². The highest BCUT2D eigenvalue weighted by Crippen LogP contribution is 2.24. The van der Waals surface area contributed by atoms with Crippen LogP contribution >= 0.6 is 0 Å². The number of hydrogen-bond acceptors (Lipinski definition) is 3. The Morgan fingerprint density at radius 2 is 1.17 bits per heavy atom. The van der Waals surface area contributed by atoms with E-state index in [9.17, 15) is 14.7 Å². The summed E-state index contributed by atoms with van der Waals surface area (Å²) in [5, 5.41) is 11.8. The van der Waals surface area contributed by atoms with Crippen LogP contribution in [0.5, 0.6) is 5.75 Å². The van der Waals surface area contributed by atoms with E-state index in [1.54, 1.807) is 18.2 Å². The second-order valence-corrected chi connectivity index (χ2v) is 6.57. The number of hydrazine groups is 1. The molecule has 0 aliphatic heterocycles. The number of aromatic hydroxyl groups is 1. The van der Waals surface area contributed by atoms with Crippen LogP contribution in [0, 0.1) is 0 Å². The van der Waals surface area contributed by atoms with Gasteiger partial charge in [-0.25, -0.2) is 0 Å². The second-order valence-electron chi connectivity index (χ2n) is 6.57. The molecule has 0 saturated heterocycles. The van der Waals surface area contributed by atoms with Crippen molar-refractivity contribution in [3.05, 3.63) is 102 Å². The van der Waals surface area contributed by atoms with E-state index in [0.717, 1.165) is 21.9 Å². The smallest absolute Gasteiger partial charge is 0.273 e. The number of nitrogens with one attached hydrogen (secondary N) is 2. The van der Waals surface area contributed by atoms with Gasteiger partial charge in [-0.15, -0.1) is 0 Å². The molecule has 4 aromatic carbocycles.